The van der Waals surface area contributed by atoms with Crippen molar-refractivity contribution in [3.63, 3.8) is 0 Å². The summed E-state index contributed by atoms with van der Waals surface area (Å²) in [5.41, 5.74) is 0.627. The van der Waals surface area contributed by atoms with Crippen LogP contribution >= 0.6 is 0 Å². The zero-order valence-electron chi connectivity index (χ0n) is 12.1. The minimum atomic E-state index is 0.0448. The SMILES string of the molecule is CCOc1ncc(NC(=O)CCC2CCCCC2)cn1. The van der Waals surface area contributed by atoms with E-state index in [2.05, 4.69) is 15.3 Å². The maximum atomic E-state index is 11.9. The molecule has 1 amide bonds. The fourth-order valence-corrected chi connectivity index (χ4v) is 2.62. The van der Waals surface area contributed by atoms with Crippen molar-refractivity contribution in [1.29, 1.82) is 0 Å². The molecule has 0 unspecified atom stereocenters. The third-order valence-electron chi connectivity index (χ3n) is 3.69. The van der Waals surface area contributed by atoms with E-state index < -0.39 is 0 Å². The van der Waals surface area contributed by atoms with Crippen molar-refractivity contribution in [2.24, 2.45) is 5.92 Å². The van der Waals surface area contributed by atoms with Crippen LogP contribution in [0.5, 0.6) is 6.01 Å². The van der Waals surface area contributed by atoms with Crippen LogP contribution in [-0.2, 0) is 4.79 Å². The summed E-state index contributed by atoms with van der Waals surface area (Å²) in [7, 11) is 0. The molecule has 1 aromatic rings. The third-order valence-corrected chi connectivity index (χ3v) is 3.69. The zero-order chi connectivity index (χ0) is 14.2. The summed E-state index contributed by atoms with van der Waals surface area (Å²) >= 11 is 0. The molecule has 5 heteroatoms. The second-order valence-electron chi connectivity index (χ2n) is 5.28. The number of amides is 1. The first-order chi connectivity index (χ1) is 9.78. The van der Waals surface area contributed by atoms with E-state index in [1.807, 2.05) is 6.92 Å². The molecule has 1 N–H and O–H groups in total. The molecular formula is C15H23N3O2. The molecule has 0 aromatic carbocycles. The molecule has 1 saturated carbocycles. The van der Waals surface area contributed by atoms with Crippen LogP contribution in [0.1, 0.15) is 51.9 Å². The Balaban J connectivity index is 1.73. The Morgan fingerprint density at radius 1 is 1.30 bits per heavy atom. The van der Waals surface area contributed by atoms with Crippen molar-refractivity contribution in [3.8, 4) is 6.01 Å². The Hall–Kier alpha value is -1.65. The molecule has 1 aliphatic carbocycles. The van der Waals surface area contributed by atoms with E-state index in [-0.39, 0.29) is 5.91 Å². The number of hydrogen-bond acceptors (Lipinski definition) is 4. The van der Waals surface area contributed by atoms with Crippen molar-refractivity contribution >= 4 is 11.6 Å². The van der Waals surface area contributed by atoms with Gasteiger partial charge in [-0.1, -0.05) is 32.1 Å². The highest BCUT2D eigenvalue weighted by Gasteiger charge is 2.14. The zero-order valence-corrected chi connectivity index (χ0v) is 12.1. The Morgan fingerprint density at radius 2 is 2.00 bits per heavy atom. The van der Waals surface area contributed by atoms with Gasteiger partial charge in [0.15, 0.2) is 0 Å². The van der Waals surface area contributed by atoms with Gasteiger partial charge in [0.2, 0.25) is 5.91 Å². The molecule has 0 saturated heterocycles. The van der Waals surface area contributed by atoms with Gasteiger partial charge in [-0.15, -0.1) is 0 Å². The van der Waals surface area contributed by atoms with Gasteiger partial charge in [0.1, 0.15) is 0 Å². The van der Waals surface area contributed by atoms with E-state index >= 15 is 0 Å². The van der Waals surface area contributed by atoms with Crippen molar-refractivity contribution < 1.29 is 9.53 Å². The first kappa shape index (κ1) is 14.8. The number of aromatic nitrogens is 2. The van der Waals surface area contributed by atoms with Crippen molar-refractivity contribution in [2.75, 3.05) is 11.9 Å². The Bertz CT molecular complexity index is 414. The predicted molar refractivity (Wildman–Crippen MR) is 77.6 cm³/mol. The molecule has 20 heavy (non-hydrogen) atoms. The number of anilines is 1. The van der Waals surface area contributed by atoms with Crippen molar-refractivity contribution in [2.45, 2.75) is 51.9 Å². The highest BCUT2D eigenvalue weighted by Crippen LogP contribution is 2.27. The highest BCUT2D eigenvalue weighted by molar-refractivity contribution is 5.90. The molecule has 0 spiro atoms. The van der Waals surface area contributed by atoms with Gasteiger partial charge in [0.05, 0.1) is 24.7 Å². The molecule has 2 rings (SSSR count). The molecule has 5 nitrogen and oxygen atoms in total. The Labute approximate surface area is 120 Å². The number of nitrogens with zero attached hydrogens (tertiary/aromatic N) is 2. The first-order valence-corrected chi connectivity index (χ1v) is 7.52. The van der Waals surface area contributed by atoms with Crippen LogP contribution < -0.4 is 10.1 Å². The average molecular weight is 277 g/mol. The first-order valence-electron chi connectivity index (χ1n) is 7.52. The van der Waals surface area contributed by atoms with E-state index in [9.17, 15) is 4.79 Å². The van der Waals surface area contributed by atoms with E-state index in [1.54, 1.807) is 12.4 Å². The predicted octanol–water partition coefficient (Wildman–Crippen LogP) is 3.17. The van der Waals surface area contributed by atoms with Gasteiger partial charge in [0, 0.05) is 6.42 Å². The number of carbonyl (C=O) groups is 1. The standard InChI is InChI=1S/C15H23N3O2/c1-2-20-15-16-10-13(11-17-15)18-14(19)9-8-12-6-4-3-5-7-12/h10-12H,2-9H2,1H3,(H,18,19). The fourth-order valence-electron chi connectivity index (χ4n) is 2.62. The van der Waals surface area contributed by atoms with Gasteiger partial charge in [-0.25, -0.2) is 9.97 Å². The molecule has 0 radical (unpaired) electrons. The van der Waals surface area contributed by atoms with Crippen LogP contribution in [0.25, 0.3) is 0 Å². The molecular weight excluding hydrogens is 254 g/mol. The van der Waals surface area contributed by atoms with Crippen molar-refractivity contribution in [1.82, 2.24) is 9.97 Å². The number of ether oxygens (including phenoxy) is 1. The van der Waals surface area contributed by atoms with Gasteiger partial charge in [-0.05, 0) is 19.3 Å². The number of carbonyl (C=O) groups excluding carboxylic acids is 1. The average Bonchev–Trinajstić information content (AvgIpc) is 2.49. The van der Waals surface area contributed by atoms with E-state index in [0.717, 1.165) is 12.3 Å². The monoisotopic (exact) mass is 277 g/mol. The Morgan fingerprint density at radius 3 is 2.65 bits per heavy atom. The van der Waals surface area contributed by atoms with Gasteiger partial charge < -0.3 is 10.1 Å². The second-order valence-corrected chi connectivity index (χ2v) is 5.28. The topological polar surface area (TPSA) is 64.1 Å². The molecule has 1 heterocycles. The van der Waals surface area contributed by atoms with Crippen LogP contribution in [0.15, 0.2) is 12.4 Å². The highest BCUT2D eigenvalue weighted by atomic mass is 16.5. The van der Waals surface area contributed by atoms with E-state index in [0.29, 0.717) is 24.7 Å². The quantitative estimate of drug-likeness (QED) is 0.867. The largest absolute Gasteiger partial charge is 0.464 e. The number of hydrogen-bond donors (Lipinski definition) is 1. The van der Waals surface area contributed by atoms with Crippen LogP contribution in [0.3, 0.4) is 0 Å². The second kappa shape index (κ2) is 7.82. The molecule has 1 fully saturated rings. The van der Waals surface area contributed by atoms with Crippen LogP contribution in [0.4, 0.5) is 5.69 Å². The lowest BCUT2D eigenvalue weighted by atomic mass is 9.86. The molecule has 1 aliphatic rings. The summed E-state index contributed by atoms with van der Waals surface area (Å²) in [6.07, 6.45) is 11.3. The van der Waals surface area contributed by atoms with Crippen LogP contribution in [0, 0.1) is 5.92 Å². The minimum Gasteiger partial charge on any atom is -0.464 e. The lowest BCUT2D eigenvalue weighted by molar-refractivity contribution is -0.116. The summed E-state index contributed by atoms with van der Waals surface area (Å²) in [5.74, 6) is 0.773. The fraction of sp³-hybridized carbons (Fsp3) is 0.667. The number of rotatable bonds is 6. The summed E-state index contributed by atoms with van der Waals surface area (Å²) in [5, 5.41) is 2.83. The summed E-state index contributed by atoms with van der Waals surface area (Å²) in [4.78, 5) is 19.9. The van der Waals surface area contributed by atoms with Gasteiger partial charge in [-0.2, -0.15) is 0 Å². The molecule has 1 aromatic heterocycles. The third kappa shape index (κ3) is 4.79. The van der Waals surface area contributed by atoms with Gasteiger partial charge >= 0.3 is 6.01 Å². The maximum absolute atomic E-state index is 11.9. The van der Waals surface area contributed by atoms with Gasteiger partial charge in [0.25, 0.3) is 0 Å². The van der Waals surface area contributed by atoms with Crippen molar-refractivity contribution in [3.05, 3.63) is 12.4 Å². The molecule has 0 atom stereocenters. The van der Waals surface area contributed by atoms with Crippen LogP contribution in [0.2, 0.25) is 0 Å². The smallest absolute Gasteiger partial charge is 0.316 e. The lowest BCUT2D eigenvalue weighted by Crippen LogP contribution is -2.15. The summed E-state index contributed by atoms with van der Waals surface area (Å²) in [6, 6.07) is 0.340. The molecule has 110 valence electrons. The Kier molecular flexibility index (Phi) is 5.77. The molecule has 0 bridgehead atoms. The van der Waals surface area contributed by atoms with Gasteiger partial charge in [-0.3, -0.25) is 4.79 Å². The molecule has 0 aliphatic heterocycles. The minimum absolute atomic E-state index is 0.0448. The lowest BCUT2D eigenvalue weighted by Gasteiger charge is -2.20. The normalized spacial score (nSPS) is 15.8. The number of nitrogens with one attached hydrogen (secondary N) is 1. The maximum Gasteiger partial charge on any atom is 0.316 e. The van der Waals surface area contributed by atoms with E-state index in [1.165, 1.54) is 32.1 Å². The summed E-state index contributed by atoms with van der Waals surface area (Å²) in [6.45, 7) is 2.41. The summed E-state index contributed by atoms with van der Waals surface area (Å²) < 4.78 is 5.16. The van der Waals surface area contributed by atoms with Crippen LogP contribution in [-0.4, -0.2) is 22.5 Å². The van der Waals surface area contributed by atoms with E-state index in [4.69, 9.17) is 4.74 Å².